The van der Waals surface area contributed by atoms with Gasteiger partial charge in [-0.05, 0) is 49.1 Å². The van der Waals surface area contributed by atoms with Crippen LogP contribution in [0.25, 0.3) is 0 Å². The van der Waals surface area contributed by atoms with Crippen molar-refractivity contribution in [2.75, 3.05) is 6.66 Å². The molecule has 1 heterocycles. The van der Waals surface area contributed by atoms with Crippen LogP contribution in [0.15, 0.2) is 0 Å². The van der Waals surface area contributed by atoms with Crippen molar-refractivity contribution >= 4 is 7.92 Å². The fourth-order valence-electron chi connectivity index (χ4n) is 3.28. The summed E-state index contributed by atoms with van der Waals surface area (Å²) in [5.74, 6) is 2.44. The van der Waals surface area contributed by atoms with E-state index in [1.807, 2.05) is 0 Å². The number of fused-ring (bicyclic) bond motifs is 5. The highest BCUT2D eigenvalue weighted by Gasteiger charge is 2.62. The Hall–Kier alpha value is 0.430. The Labute approximate surface area is 57.8 Å². The Morgan fingerprint density at radius 3 is 2.11 bits per heavy atom. The Kier molecular flexibility index (Phi) is 0.781. The van der Waals surface area contributed by atoms with E-state index in [1.165, 1.54) is 23.2 Å². The minimum Gasteiger partial charge on any atom is -0.102 e. The maximum absolute atomic E-state index is 2.52. The van der Waals surface area contributed by atoms with Crippen LogP contribution in [-0.2, 0) is 0 Å². The van der Waals surface area contributed by atoms with Gasteiger partial charge in [0.1, 0.15) is 0 Å². The molecule has 0 radical (unpaired) electrons. The summed E-state index contributed by atoms with van der Waals surface area (Å²) in [6.45, 7) is 2.52. The molecule has 0 N–H and O–H groups in total. The highest BCUT2D eigenvalue weighted by molar-refractivity contribution is 7.66. The van der Waals surface area contributed by atoms with E-state index in [9.17, 15) is 0 Å². The van der Waals surface area contributed by atoms with Crippen LogP contribution < -0.4 is 0 Å². The van der Waals surface area contributed by atoms with Crippen molar-refractivity contribution in [3.8, 4) is 0 Å². The zero-order valence-electron chi connectivity index (χ0n) is 5.88. The first-order valence-corrected chi connectivity index (χ1v) is 6.02. The van der Waals surface area contributed by atoms with Gasteiger partial charge in [-0.15, -0.1) is 7.92 Å². The molecule has 50 valence electrons. The van der Waals surface area contributed by atoms with Crippen LogP contribution in [0.1, 0.15) is 19.3 Å². The lowest BCUT2D eigenvalue weighted by Crippen LogP contribution is -2.04. The van der Waals surface area contributed by atoms with Gasteiger partial charge in [0.2, 0.25) is 0 Å². The monoisotopic (exact) mass is 140 g/mol. The smallest absolute Gasteiger partial charge is 0.0110 e. The Bertz CT molecular complexity index is 135. The summed E-state index contributed by atoms with van der Waals surface area (Å²) in [6, 6.07) is 0. The fraction of sp³-hybridized carbons (Fsp3) is 1.00. The molecule has 1 aliphatic heterocycles. The van der Waals surface area contributed by atoms with Crippen LogP contribution in [0.2, 0.25) is 0 Å². The third kappa shape index (κ3) is 0.463. The van der Waals surface area contributed by atoms with E-state index in [2.05, 4.69) is 6.66 Å². The molecule has 3 aliphatic rings. The largest absolute Gasteiger partial charge is 0.102 e. The molecule has 9 heavy (non-hydrogen) atoms. The number of hydrogen-bond donors (Lipinski definition) is 0. The van der Waals surface area contributed by atoms with Crippen LogP contribution >= 0.6 is 7.92 Å². The maximum atomic E-state index is 2.52. The van der Waals surface area contributed by atoms with Crippen LogP contribution in [0, 0.1) is 11.8 Å². The van der Waals surface area contributed by atoms with Crippen molar-refractivity contribution in [1.82, 2.24) is 0 Å². The van der Waals surface area contributed by atoms with Crippen molar-refractivity contribution in [1.29, 1.82) is 0 Å². The van der Waals surface area contributed by atoms with Crippen molar-refractivity contribution < 1.29 is 0 Å². The molecular weight excluding hydrogens is 127 g/mol. The minimum atomic E-state index is 0.575. The molecule has 3 fully saturated rings. The maximum Gasteiger partial charge on any atom is -0.0110 e. The third-order valence-electron chi connectivity index (χ3n) is 3.68. The molecule has 1 heteroatoms. The summed E-state index contributed by atoms with van der Waals surface area (Å²) < 4.78 is 0. The molecule has 2 aliphatic carbocycles. The topological polar surface area (TPSA) is 0 Å². The molecule has 0 amide bonds. The van der Waals surface area contributed by atoms with Crippen LogP contribution in [-0.4, -0.2) is 18.0 Å². The minimum absolute atomic E-state index is 0.575. The second kappa shape index (κ2) is 1.37. The summed E-state index contributed by atoms with van der Waals surface area (Å²) in [7, 11) is 0.575. The third-order valence-corrected chi connectivity index (χ3v) is 6.70. The number of hydrogen-bond acceptors (Lipinski definition) is 0. The molecule has 2 saturated carbocycles. The Morgan fingerprint density at radius 2 is 1.67 bits per heavy atom. The van der Waals surface area contributed by atoms with Crippen molar-refractivity contribution in [2.24, 2.45) is 11.8 Å². The van der Waals surface area contributed by atoms with Gasteiger partial charge in [0, 0.05) is 0 Å². The van der Waals surface area contributed by atoms with Gasteiger partial charge in [0.15, 0.2) is 0 Å². The predicted molar refractivity (Wildman–Crippen MR) is 41.3 cm³/mol. The Morgan fingerprint density at radius 1 is 1.11 bits per heavy atom. The van der Waals surface area contributed by atoms with Crippen molar-refractivity contribution in [3.05, 3.63) is 0 Å². The van der Waals surface area contributed by atoms with Crippen LogP contribution in [0.3, 0.4) is 0 Å². The van der Waals surface area contributed by atoms with Gasteiger partial charge in [-0.25, -0.2) is 0 Å². The quantitative estimate of drug-likeness (QED) is 0.453. The van der Waals surface area contributed by atoms with Gasteiger partial charge in [0.05, 0.1) is 0 Å². The highest BCUT2D eigenvalue weighted by atomic mass is 31.1. The van der Waals surface area contributed by atoms with Crippen molar-refractivity contribution in [3.63, 3.8) is 0 Å². The number of rotatable bonds is 0. The van der Waals surface area contributed by atoms with Gasteiger partial charge >= 0.3 is 0 Å². The zero-order valence-corrected chi connectivity index (χ0v) is 6.77. The van der Waals surface area contributed by atoms with E-state index < -0.39 is 0 Å². The summed E-state index contributed by atoms with van der Waals surface area (Å²) >= 11 is 0. The normalized spacial score (nSPS) is 68.3. The van der Waals surface area contributed by atoms with Gasteiger partial charge in [0.25, 0.3) is 0 Å². The van der Waals surface area contributed by atoms with Gasteiger partial charge in [-0.2, -0.15) is 0 Å². The van der Waals surface area contributed by atoms with Gasteiger partial charge < -0.3 is 0 Å². The van der Waals surface area contributed by atoms with Crippen LogP contribution in [0.4, 0.5) is 0 Å². The Balaban J connectivity index is 1.96. The first kappa shape index (κ1) is 5.13. The first-order chi connectivity index (χ1) is 4.38. The van der Waals surface area contributed by atoms with E-state index in [0.717, 1.165) is 0 Å². The molecule has 0 nitrogen and oxygen atoms in total. The lowest BCUT2D eigenvalue weighted by atomic mass is 10.0. The fourth-order valence-corrected chi connectivity index (χ4v) is 6.82. The SMILES string of the molecule is CP1C2C3CCC(C3)C21. The van der Waals surface area contributed by atoms with E-state index in [0.29, 0.717) is 7.92 Å². The first-order valence-electron chi connectivity index (χ1n) is 4.10. The molecule has 4 unspecified atom stereocenters. The highest BCUT2D eigenvalue weighted by Crippen LogP contribution is 2.78. The predicted octanol–water partition coefficient (Wildman–Crippen LogP) is 2.28. The summed E-state index contributed by atoms with van der Waals surface area (Å²) in [4.78, 5) is 0. The molecule has 1 saturated heterocycles. The average molecular weight is 140 g/mol. The van der Waals surface area contributed by atoms with E-state index in [-0.39, 0.29) is 0 Å². The lowest BCUT2D eigenvalue weighted by molar-refractivity contribution is 0.546. The van der Waals surface area contributed by atoms with Gasteiger partial charge in [-0.3, -0.25) is 0 Å². The van der Waals surface area contributed by atoms with Crippen LogP contribution in [0.5, 0.6) is 0 Å². The van der Waals surface area contributed by atoms with E-state index in [1.54, 1.807) is 19.3 Å². The average Bonchev–Trinajstić information content (AvgIpc) is 2.29. The molecule has 2 bridgehead atoms. The molecule has 0 aromatic carbocycles. The zero-order chi connectivity index (χ0) is 6.01. The summed E-state index contributed by atoms with van der Waals surface area (Å²) in [5, 5.41) is 0. The lowest BCUT2D eigenvalue weighted by Gasteiger charge is -2.03. The summed E-state index contributed by atoms with van der Waals surface area (Å²) in [5.41, 5.74) is 2.55. The molecule has 0 aromatic rings. The molecular formula is C8H13P. The summed E-state index contributed by atoms with van der Waals surface area (Å²) in [6.07, 6.45) is 4.82. The molecule has 0 spiro atoms. The molecule has 0 aromatic heterocycles. The van der Waals surface area contributed by atoms with E-state index in [4.69, 9.17) is 0 Å². The van der Waals surface area contributed by atoms with Gasteiger partial charge in [-0.1, -0.05) is 0 Å². The van der Waals surface area contributed by atoms with Crippen molar-refractivity contribution in [2.45, 2.75) is 30.6 Å². The van der Waals surface area contributed by atoms with E-state index >= 15 is 0 Å². The standard InChI is InChI=1S/C8H13P/c1-9-7-5-2-3-6(4-5)8(7)9/h5-8H,2-4H2,1H3. The molecule has 4 atom stereocenters. The molecule has 3 rings (SSSR count). The second-order valence-corrected chi connectivity index (χ2v) is 6.50. The second-order valence-electron chi connectivity index (χ2n) is 3.98.